The highest BCUT2D eigenvalue weighted by molar-refractivity contribution is 5.90. The van der Waals surface area contributed by atoms with E-state index in [4.69, 9.17) is 11.5 Å². The summed E-state index contributed by atoms with van der Waals surface area (Å²) in [5.74, 6) is -0.556. The van der Waals surface area contributed by atoms with Crippen LogP contribution < -0.4 is 11.5 Å². The average Bonchev–Trinajstić information content (AvgIpc) is 2.52. The summed E-state index contributed by atoms with van der Waals surface area (Å²) in [5, 5.41) is 0. The third-order valence-electron chi connectivity index (χ3n) is 4.59. The lowest BCUT2D eigenvalue weighted by molar-refractivity contribution is -0.148. The summed E-state index contributed by atoms with van der Waals surface area (Å²) in [7, 11) is 0. The molecule has 2 rings (SSSR count). The molecule has 0 spiro atoms. The molecule has 0 aliphatic carbocycles. The Balaban J connectivity index is 2.37. The molecule has 0 saturated heterocycles. The van der Waals surface area contributed by atoms with Crippen LogP contribution in [0.15, 0.2) is 24.3 Å². The summed E-state index contributed by atoms with van der Waals surface area (Å²) in [6.45, 7) is 4.44. The fourth-order valence-corrected chi connectivity index (χ4v) is 2.72. The van der Waals surface area contributed by atoms with Gasteiger partial charge in [-0.05, 0) is 24.5 Å². The summed E-state index contributed by atoms with van der Waals surface area (Å²) in [4.78, 5) is 26.2. The SMILES string of the molecule is CCC(C)(CN)C(=O)N1Cc2ccccc2C[C@H]1C(N)=O. The van der Waals surface area contributed by atoms with Crippen molar-refractivity contribution in [2.24, 2.45) is 16.9 Å². The third kappa shape index (κ3) is 2.78. The van der Waals surface area contributed by atoms with Gasteiger partial charge in [-0.3, -0.25) is 9.59 Å². The van der Waals surface area contributed by atoms with Crippen LogP contribution in [0.3, 0.4) is 0 Å². The maximum absolute atomic E-state index is 12.8. The predicted octanol–water partition coefficient (Wildman–Crippen LogP) is 0.800. The van der Waals surface area contributed by atoms with Crippen molar-refractivity contribution in [1.29, 1.82) is 0 Å². The second-order valence-electron chi connectivity index (χ2n) is 5.94. The summed E-state index contributed by atoms with van der Waals surface area (Å²) < 4.78 is 0. The average molecular weight is 289 g/mol. The van der Waals surface area contributed by atoms with Crippen molar-refractivity contribution in [2.45, 2.75) is 39.3 Å². The van der Waals surface area contributed by atoms with E-state index in [2.05, 4.69) is 0 Å². The van der Waals surface area contributed by atoms with E-state index in [0.717, 1.165) is 11.1 Å². The topological polar surface area (TPSA) is 89.4 Å². The first-order valence-corrected chi connectivity index (χ1v) is 7.30. The minimum Gasteiger partial charge on any atom is -0.368 e. The standard InChI is InChI=1S/C16H23N3O2/c1-3-16(2,10-17)15(21)19-9-12-7-5-4-6-11(12)8-13(19)14(18)20/h4-7,13H,3,8-10,17H2,1-2H3,(H2,18,20)/t13-,16?/m0/s1. The van der Waals surface area contributed by atoms with E-state index in [0.29, 0.717) is 19.4 Å². The van der Waals surface area contributed by atoms with Crippen LogP contribution in [-0.4, -0.2) is 29.3 Å². The van der Waals surface area contributed by atoms with Crippen molar-refractivity contribution in [3.8, 4) is 0 Å². The zero-order chi connectivity index (χ0) is 15.6. The molecule has 0 radical (unpaired) electrons. The number of rotatable bonds is 4. The minimum atomic E-state index is -0.653. The molecule has 0 saturated carbocycles. The monoisotopic (exact) mass is 289 g/mol. The number of hydrogen-bond acceptors (Lipinski definition) is 3. The van der Waals surface area contributed by atoms with Gasteiger partial charge in [-0.2, -0.15) is 0 Å². The fourth-order valence-electron chi connectivity index (χ4n) is 2.72. The Hall–Kier alpha value is -1.88. The molecule has 1 aliphatic heterocycles. The van der Waals surface area contributed by atoms with Crippen LogP contribution in [0.1, 0.15) is 31.4 Å². The molecule has 1 unspecified atom stereocenters. The Labute approximate surface area is 125 Å². The number of amides is 2. The highest BCUT2D eigenvalue weighted by atomic mass is 16.2. The van der Waals surface area contributed by atoms with Gasteiger partial charge in [0.15, 0.2) is 0 Å². The Morgan fingerprint density at radius 3 is 2.48 bits per heavy atom. The lowest BCUT2D eigenvalue weighted by Gasteiger charge is -2.40. The number of fused-ring (bicyclic) bond motifs is 1. The van der Waals surface area contributed by atoms with Crippen LogP contribution in [0.4, 0.5) is 0 Å². The van der Waals surface area contributed by atoms with Crippen LogP contribution >= 0.6 is 0 Å². The molecular formula is C16H23N3O2. The molecule has 0 fully saturated rings. The smallest absolute Gasteiger partial charge is 0.240 e. The Morgan fingerprint density at radius 2 is 1.95 bits per heavy atom. The van der Waals surface area contributed by atoms with E-state index in [9.17, 15) is 9.59 Å². The first-order chi connectivity index (χ1) is 9.92. The molecule has 5 nitrogen and oxygen atoms in total. The van der Waals surface area contributed by atoms with Gasteiger partial charge in [0.1, 0.15) is 6.04 Å². The van der Waals surface area contributed by atoms with Gasteiger partial charge in [-0.15, -0.1) is 0 Å². The van der Waals surface area contributed by atoms with Gasteiger partial charge in [0.25, 0.3) is 0 Å². The second-order valence-corrected chi connectivity index (χ2v) is 5.94. The molecule has 114 valence electrons. The molecule has 1 aromatic rings. The Kier molecular flexibility index (Phi) is 4.32. The maximum atomic E-state index is 12.8. The highest BCUT2D eigenvalue weighted by Gasteiger charge is 2.40. The third-order valence-corrected chi connectivity index (χ3v) is 4.59. The summed E-state index contributed by atoms with van der Waals surface area (Å²) >= 11 is 0. The molecule has 4 N–H and O–H groups in total. The first kappa shape index (κ1) is 15.5. The summed E-state index contributed by atoms with van der Waals surface area (Å²) in [5.41, 5.74) is 12.8. The first-order valence-electron chi connectivity index (χ1n) is 7.30. The van der Waals surface area contributed by atoms with Crippen molar-refractivity contribution in [2.75, 3.05) is 6.54 Å². The van der Waals surface area contributed by atoms with Crippen LogP contribution in [0.25, 0.3) is 0 Å². The number of nitrogens with zero attached hydrogens (tertiary/aromatic N) is 1. The van der Waals surface area contributed by atoms with E-state index in [1.807, 2.05) is 38.1 Å². The Bertz CT molecular complexity index is 552. The molecule has 0 bridgehead atoms. The quantitative estimate of drug-likeness (QED) is 0.859. The van der Waals surface area contributed by atoms with Gasteiger partial charge in [-0.1, -0.05) is 31.2 Å². The van der Waals surface area contributed by atoms with Crippen LogP contribution in [0.2, 0.25) is 0 Å². The van der Waals surface area contributed by atoms with Crippen molar-refractivity contribution in [3.63, 3.8) is 0 Å². The van der Waals surface area contributed by atoms with E-state index >= 15 is 0 Å². The van der Waals surface area contributed by atoms with E-state index in [1.54, 1.807) is 4.90 Å². The van der Waals surface area contributed by atoms with Gasteiger partial charge >= 0.3 is 0 Å². The largest absolute Gasteiger partial charge is 0.368 e. The number of hydrogen-bond donors (Lipinski definition) is 2. The second kappa shape index (κ2) is 5.85. The number of benzene rings is 1. The van der Waals surface area contributed by atoms with Gasteiger partial charge in [-0.25, -0.2) is 0 Å². The zero-order valence-electron chi connectivity index (χ0n) is 12.6. The fraction of sp³-hybridized carbons (Fsp3) is 0.500. The number of nitrogens with two attached hydrogens (primary N) is 2. The molecule has 0 aromatic heterocycles. The predicted molar refractivity (Wildman–Crippen MR) is 81.1 cm³/mol. The number of carbonyl (C=O) groups is 2. The Morgan fingerprint density at radius 1 is 1.33 bits per heavy atom. The van der Waals surface area contributed by atoms with Crippen LogP contribution in [0, 0.1) is 5.41 Å². The van der Waals surface area contributed by atoms with E-state index in [1.165, 1.54) is 0 Å². The zero-order valence-corrected chi connectivity index (χ0v) is 12.6. The molecule has 2 atom stereocenters. The van der Waals surface area contributed by atoms with Gasteiger partial charge in [0.05, 0.1) is 5.41 Å². The van der Waals surface area contributed by atoms with Gasteiger partial charge in [0, 0.05) is 19.5 Å². The number of carbonyl (C=O) groups excluding carboxylic acids is 2. The van der Waals surface area contributed by atoms with Gasteiger partial charge in [0.2, 0.25) is 11.8 Å². The number of primary amides is 1. The minimum absolute atomic E-state index is 0.0918. The lowest BCUT2D eigenvalue weighted by Crippen LogP contribution is -2.56. The van der Waals surface area contributed by atoms with Crippen molar-refractivity contribution < 1.29 is 9.59 Å². The van der Waals surface area contributed by atoms with Crippen LogP contribution in [-0.2, 0) is 22.6 Å². The maximum Gasteiger partial charge on any atom is 0.240 e. The molecule has 1 aliphatic rings. The molecule has 5 heteroatoms. The van der Waals surface area contributed by atoms with Crippen molar-refractivity contribution in [1.82, 2.24) is 4.90 Å². The highest BCUT2D eigenvalue weighted by Crippen LogP contribution is 2.30. The molecule has 1 heterocycles. The summed E-state index contributed by atoms with van der Waals surface area (Å²) in [6, 6.07) is 7.25. The molecule has 1 aromatic carbocycles. The van der Waals surface area contributed by atoms with Gasteiger partial charge < -0.3 is 16.4 Å². The molecule has 2 amide bonds. The molecule has 21 heavy (non-hydrogen) atoms. The van der Waals surface area contributed by atoms with Crippen molar-refractivity contribution >= 4 is 11.8 Å². The summed E-state index contributed by atoms with van der Waals surface area (Å²) in [6.07, 6.45) is 1.10. The van der Waals surface area contributed by atoms with Crippen molar-refractivity contribution in [3.05, 3.63) is 35.4 Å². The lowest BCUT2D eigenvalue weighted by atomic mass is 9.83. The normalized spacial score (nSPS) is 20.5. The molecular weight excluding hydrogens is 266 g/mol. The van der Waals surface area contributed by atoms with E-state index in [-0.39, 0.29) is 12.5 Å². The van der Waals surface area contributed by atoms with E-state index < -0.39 is 17.4 Å². The van der Waals surface area contributed by atoms with Crippen LogP contribution in [0.5, 0.6) is 0 Å².